The molecule has 4 N–H and O–H groups in total. The minimum atomic E-state index is 0.0632. The third-order valence-electron chi connectivity index (χ3n) is 3.77. The van der Waals surface area contributed by atoms with Gasteiger partial charge < -0.3 is 15.6 Å². The maximum absolute atomic E-state index is 12.1. The van der Waals surface area contributed by atoms with Crippen molar-refractivity contribution in [3.05, 3.63) is 11.4 Å². The number of hydrazine groups is 1. The summed E-state index contributed by atoms with van der Waals surface area (Å²) < 4.78 is 0. The van der Waals surface area contributed by atoms with E-state index in [1.165, 1.54) is 0 Å². The summed E-state index contributed by atoms with van der Waals surface area (Å²) in [6, 6.07) is 0. The second kappa shape index (κ2) is 6.71. The Morgan fingerprint density at radius 3 is 2.43 bits per heavy atom. The number of hydrogen-bond acceptors (Lipinski definition) is 6. The first kappa shape index (κ1) is 15.5. The predicted octanol–water partition coefficient (Wildman–Crippen LogP) is 1.23. The highest BCUT2D eigenvalue weighted by Crippen LogP contribution is 2.39. The van der Waals surface area contributed by atoms with E-state index in [1.54, 1.807) is 4.90 Å². The Morgan fingerprint density at radius 1 is 1.29 bits per heavy atom. The lowest BCUT2D eigenvalue weighted by molar-refractivity contribution is -0.128. The molecule has 7 nitrogen and oxygen atoms in total. The van der Waals surface area contributed by atoms with Gasteiger partial charge in [-0.1, -0.05) is 0 Å². The highest BCUT2D eigenvalue weighted by Gasteiger charge is 2.28. The Balaban J connectivity index is 2.11. The number of carbonyl (C=O) groups is 1. The molecular weight excluding hydrogens is 268 g/mol. The van der Waals surface area contributed by atoms with Crippen LogP contribution in [0.1, 0.15) is 44.0 Å². The van der Waals surface area contributed by atoms with Gasteiger partial charge in [-0.15, -0.1) is 0 Å². The summed E-state index contributed by atoms with van der Waals surface area (Å²) >= 11 is 0. The fourth-order valence-corrected chi connectivity index (χ4v) is 2.22. The van der Waals surface area contributed by atoms with Gasteiger partial charge in [0.2, 0.25) is 5.91 Å². The molecule has 1 saturated carbocycles. The van der Waals surface area contributed by atoms with E-state index in [-0.39, 0.29) is 12.5 Å². The third-order valence-corrected chi connectivity index (χ3v) is 3.77. The fourth-order valence-electron chi connectivity index (χ4n) is 2.22. The first-order chi connectivity index (χ1) is 10.1. The van der Waals surface area contributed by atoms with Crippen LogP contribution in [0.25, 0.3) is 0 Å². The number of nitrogens with one attached hydrogen (secondary N) is 2. The Morgan fingerprint density at radius 2 is 1.90 bits per heavy atom. The van der Waals surface area contributed by atoms with E-state index in [0.717, 1.165) is 24.2 Å². The predicted molar refractivity (Wildman–Crippen MR) is 83.0 cm³/mol. The number of amides is 1. The van der Waals surface area contributed by atoms with Gasteiger partial charge in [-0.05, 0) is 33.6 Å². The Kier molecular flexibility index (Phi) is 4.95. The van der Waals surface area contributed by atoms with Crippen molar-refractivity contribution >= 4 is 17.5 Å². The molecule has 7 heteroatoms. The van der Waals surface area contributed by atoms with E-state index >= 15 is 0 Å². The summed E-state index contributed by atoms with van der Waals surface area (Å²) in [6.45, 7) is 7.48. The van der Waals surface area contributed by atoms with E-state index in [0.29, 0.717) is 30.6 Å². The van der Waals surface area contributed by atoms with Crippen LogP contribution in [0.4, 0.5) is 11.6 Å². The summed E-state index contributed by atoms with van der Waals surface area (Å²) in [5.74, 6) is 8.10. The first-order valence-corrected chi connectivity index (χ1v) is 7.47. The summed E-state index contributed by atoms with van der Waals surface area (Å²) in [5.41, 5.74) is 3.43. The van der Waals surface area contributed by atoms with Crippen molar-refractivity contribution in [2.45, 2.75) is 39.5 Å². The highest BCUT2D eigenvalue weighted by atomic mass is 16.2. The molecule has 0 atom stereocenters. The second-order valence-electron chi connectivity index (χ2n) is 5.24. The van der Waals surface area contributed by atoms with Crippen LogP contribution in [0.15, 0.2) is 0 Å². The van der Waals surface area contributed by atoms with Crippen molar-refractivity contribution in [3.8, 4) is 0 Å². The molecule has 1 heterocycles. The van der Waals surface area contributed by atoms with Gasteiger partial charge in [0, 0.05) is 24.6 Å². The van der Waals surface area contributed by atoms with E-state index in [9.17, 15) is 4.79 Å². The summed E-state index contributed by atoms with van der Waals surface area (Å²) in [4.78, 5) is 22.8. The highest BCUT2D eigenvalue weighted by molar-refractivity contribution is 5.81. The first-order valence-electron chi connectivity index (χ1n) is 7.47. The van der Waals surface area contributed by atoms with Crippen molar-refractivity contribution in [2.24, 2.45) is 5.84 Å². The van der Waals surface area contributed by atoms with Crippen LogP contribution in [0.5, 0.6) is 0 Å². The number of rotatable bonds is 7. The lowest BCUT2D eigenvalue weighted by atomic mass is 10.2. The average molecular weight is 292 g/mol. The molecule has 0 radical (unpaired) electrons. The normalized spacial score (nSPS) is 13.9. The zero-order valence-corrected chi connectivity index (χ0v) is 12.9. The summed E-state index contributed by atoms with van der Waals surface area (Å²) in [5, 5.41) is 3.12. The molecule has 0 saturated heterocycles. The quantitative estimate of drug-likeness (QED) is 0.516. The van der Waals surface area contributed by atoms with Crippen molar-refractivity contribution in [1.29, 1.82) is 0 Å². The number of carbonyl (C=O) groups excluding carboxylic acids is 1. The minimum Gasteiger partial charge on any atom is -0.361 e. The maximum Gasteiger partial charge on any atom is 0.241 e. The number of nitrogen functional groups attached to an aromatic ring is 1. The van der Waals surface area contributed by atoms with E-state index in [2.05, 4.69) is 20.7 Å². The average Bonchev–Trinajstić information content (AvgIpc) is 3.32. The van der Waals surface area contributed by atoms with Gasteiger partial charge >= 0.3 is 0 Å². The number of anilines is 2. The number of aromatic nitrogens is 2. The lowest BCUT2D eigenvalue weighted by Gasteiger charge is -2.19. The lowest BCUT2D eigenvalue weighted by Crippen LogP contribution is -2.35. The molecule has 1 aliphatic carbocycles. The van der Waals surface area contributed by atoms with E-state index in [4.69, 9.17) is 5.84 Å². The molecule has 0 bridgehead atoms. The molecule has 0 unspecified atom stereocenters. The van der Waals surface area contributed by atoms with Crippen LogP contribution < -0.4 is 16.6 Å². The standard InChI is InChI=1S/C14H24N6O/c1-4-20(5-2)11(21)8-16-12-9(3)13(19-15)18-14(17-12)10-6-7-10/h10H,4-8,15H2,1-3H3,(H2,16,17,18,19). The van der Waals surface area contributed by atoms with Crippen LogP contribution in [-0.4, -0.2) is 40.4 Å². The van der Waals surface area contributed by atoms with Gasteiger partial charge in [0.25, 0.3) is 0 Å². The molecule has 2 rings (SSSR count). The van der Waals surface area contributed by atoms with Crippen LogP contribution in [0.2, 0.25) is 0 Å². The van der Waals surface area contributed by atoms with Gasteiger partial charge in [0.1, 0.15) is 17.5 Å². The SMILES string of the molecule is CCN(CC)C(=O)CNc1nc(C2CC2)nc(NN)c1C. The van der Waals surface area contributed by atoms with Crippen LogP contribution >= 0.6 is 0 Å². The molecule has 116 valence electrons. The van der Waals surface area contributed by atoms with Crippen LogP contribution in [0, 0.1) is 6.92 Å². The zero-order valence-electron chi connectivity index (χ0n) is 12.9. The number of nitrogens with zero attached hydrogens (tertiary/aromatic N) is 3. The molecular formula is C14H24N6O. The monoisotopic (exact) mass is 292 g/mol. The smallest absolute Gasteiger partial charge is 0.241 e. The van der Waals surface area contributed by atoms with Crippen molar-refractivity contribution in [3.63, 3.8) is 0 Å². The largest absolute Gasteiger partial charge is 0.361 e. The molecule has 1 aromatic heterocycles. The molecule has 1 fully saturated rings. The number of hydrogen-bond donors (Lipinski definition) is 3. The van der Waals surface area contributed by atoms with E-state index < -0.39 is 0 Å². The van der Waals surface area contributed by atoms with E-state index in [1.807, 2.05) is 20.8 Å². The molecule has 1 aromatic rings. The second-order valence-corrected chi connectivity index (χ2v) is 5.24. The Hall–Kier alpha value is -1.89. The van der Waals surface area contributed by atoms with Crippen molar-refractivity contribution in [1.82, 2.24) is 14.9 Å². The number of likely N-dealkylation sites (N-methyl/N-ethyl adjacent to an activating group) is 1. The van der Waals surface area contributed by atoms with Crippen molar-refractivity contribution < 1.29 is 4.79 Å². The Bertz CT molecular complexity index is 510. The molecule has 0 spiro atoms. The molecule has 1 amide bonds. The van der Waals surface area contributed by atoms with Crippen LogP contribution in [0.3, 0.4) is 0 Å². The molecule has 1 aliphatic rings. The fraction of sp³-hybridized carbons (Fsp3) is 0.643. The van der Waals surface area contributed by atoms with Gasteiger partial charge in [-0.3, -0.25) is 4.79 Å². The number of nitrogens with two attached hydrogens (primary N) is 1. The minimum absolute atomic E-state index is 0.0632. The Labute approximate surface area is 125 Å². The van der Waals surface area contributed by atoms with Gasteiger partial charge in [0.15, 0.2) is 0 Å². The zero-order chi connectivity index (χ0) is 15.4. The maximum atomic E-state index is 12.1. The van der Waals surface area contributed by atoms with Crippen molar-refractivity contribution in [2.75, 3.05) is 30.4 Å². The molecule has 21 heavy (non-hydrogen) atoms. The topological polar surface area (TPSA) is 96.2 Å². The van der Waals surface area contributed by atoms with Gasteiger partial charge in [-0.25, -0.2) is 15.8 Å². The summed E-state index contributed by atoms with van der Waals surface area (Å²) in [6.07, 6.45) is 2.23. The van der Waals surface area contributed by atoms with Gasteiger partial charge in [-0.2, -0.15) is 0 Å². The van der Waals surface area contributed by atoms with Gasteiger partial charge in [0.05, 0.1) is 6.54 Å². The summed E-state index contributed by atoms with van der Waals surface area (Å²) in [7, 11) is 0. The third kappa shape index (κ3) is 3.60. The molecule has 0 aromatic carbocycles. The van der Waals surface area contributed by atoms with Crippen LogP contribution in [-0.2, 0) is 4.79 Å². The molecule has 0 aliphatic heterocycles.